The van der Waals surface area contributed by atoms with Crippen molar-refractivity contribution in [2.45, 2.75) is 75.5 Å². The largest absolute Gasteiger partial charge is 0.368 e. The van der Waals surface area contributed by atoms with Crippen LogP contribution in [0.3, 0.4) is 0 Å². The van der Waals surface area contributed by atoms with E-state index in [4.69, 9.17) is 9.47 Å². The van der Waals surface area contributed by atoms with Gasteiger partial charge >= 0.3 is 0 Å². The van der Waals surface area contributed by atoms with Crippen LogP contribution in [0.25, 0.3) is 0 Å². The number of hydrogen-bond donors (Lipinski definition) is 4. The molecule has 4 N–H and O–H groups in total. The molecular weight excluding hydrogens is 312 g/mol. The van der Waals surface area contributed by atoms with Crippen LogP contribution in [-0.4, -0.2) is 45.6 Å². The van der Waals surface area contributed by atoms with Gasteiger partial charge in [0.1, 0.15) is 0 Å². The average molecular weight is 338 g/mol. The summed E-state index contributed by atoms with van der Waals surface area (Å²) in [7, 11) is 0. The summed E-state index contributed by atoms with van der Waals surface area (Å²) >= 11 is 0. The quantitative estimate of drug-likeness (QED) is 0.644. The van der Waals surface area contributed by atoms with Crippen molar-refractivity contribution in [3.63, 3.8) is 0 Å². The van der Waals surface area contributed by atoms with E-state index in [1.165, 1.54) is 0 Å². The second-order valence-electron chi connectivity index (χ2n) is 7.61. The molecule has 0 aliphatic carbocycles. The van der Waals surface area contributed by atoms with Crippen LogP contribution in [-0.2, 0) is 20.3 Å². The predicted octanol–water partition coefficient (Wildman–Crippen LogP) is 1.10. The third-order valence-corrected chi connectivity index (χ3v) is 5.41. The molecule has 2 aliphatic rings. The molecule has 134 valence electrons. The molecule has 2 saturated heterocycles. The van der Waals surface area contributed by atoms with Crippen molar-refractivity contribution < 1.29 is 29.9 Å². The van der Waals surface area contributed by atoms with E-state index in [9.17, 15) is 20.4 Å². The molecule has 0 saturated carbocycles. The maximum absolute atomic E-state index is 9.78. The second kappa shape index (κ2) is 6.37. The molecule has 2 aliphatic heterocycles. The molecule has 6 heteroatoms. The Morgan fingerprint density at radius 1 is 0.667 bits per heavy atom. The lowest BCUT2D eigenvalue weighted by atomic mass is 9.72. The molecule has 3 rings (SSSR count). The smallest absolute Gasteiger partial charge is 0.158 e. The minimum Gasteiger partial charge on any atom is -0.368 e. The van der Waals surface area contributed by atoms with Crippen LogP contribution in [0.2, 0.25) is 0 Å². The maximum atomic E-state index is 9.78. The second-order valence-corrected chi connectivity index (χ2v) is 7.61. The van der Waals surface area contributed by atoms with E-state index in [-0.39, 0.29) is 10.8 Å². The standard InChI is InChI=1S/C18H26O6/c1-17(7-13(19)23-14(20)8-17)11-3-5-12(6-4-11)18(2)9-15(21)24-16(22)10-18/h3-6,13-16,19-22H,7-10H2,1-2H3. The van der Waals surface area contributed by atoms with Crippen molar-refractivity contribution in [1.29, 1.82) is 0 Å². The number of benzene rings is 1. The molecule has 0 bridgehead atoms. The van der Waals surface area contributed by atoms with Gasteiger partial charge in [0.05, 0.1) is 0 Å². The van der Waals surface area contributed by atoms with Crippen molar-refractivity contribution in [3.05, 3.63) is 35.4 Å². The van der Waals surface area contributed by atoms with Gasteiger partial charge in [0, 0.05) is 36.5 Å². The molecule has 2 heterocycles. The van der Waals surface area contributed by atoms with Crippen LogP contribution in [0.5, 0.6) is 0 Å². The molecule has 0 aromatic heterocycles. The summed E-state index contributed by atoms with van der Waals surface area (Å²) in [5.41, 5.74) is 1.30. The minimum atomic E-state index is -0.975. The van der Waals surface area contributed by atoms with Crippen LogP contribution >= 0.6 is 0 Å². The van der Waals surface area contributed by atoms with Gasteiger partial charge in [-0.15, -0.1) is 0 Å². The highest BCUT2D eigenvalue weighted by molar-refractivity contribution is 5.33. The number of aliphatic hydroxyl groups excluding tert-OH is 4. The van der Waals surface area contributed by atoms with Gasteiger partial charge in [0.2, 0.25) is 0 Å². The molecule has 1 aromatic carbocycles. The van der Waals surface area contributed by atoms with Gasteiger partial charge in [0.25, 0.3) is 0 Å². The normalized spacial score (nSPS) is 43.6. The molecule has 1 aromatic rings. The monoisotopic (exact) mass is 338 g/mol. The Kier molecular flexibility index (Phi) is 4.72. The van der Waals surface area contributed by atoms with Gasteiger partial charge in [-0.3, -0.25) is 0 Å². The van der Waals surface area contributed by atoms with Crippen LogP contribution < -0.4 is 0 Å². The van der Waals surface area contributed by atoms with Crippen molar-refractivity contribution in [2.75, 3.05) is 0 Å². The summed E-state index contributed by atoms with van der Waals surface area (Å²) in [5.74, 6) is 0. The zero-order chi connectivity index (χ0) is 17.5. The van der Waals surface area contributed by atoms with Crippen molar-refractivity contribution >= 4 is 0 Å². The Hall–Kier alpha value is -1.02. The third kappa shape index (κ3) is 3.49. The molecule has 6 nitrogen and oxygen atoms in total. The van der Waals surface area contributed by atoms with Gasteiger partial charge in [-0.2, -0.15) is 0 Å². The summed E-state index contributed by atoms with van der Waals surface area (Å²) < 4.78 is 10.0. The van der Waals surface area contributed by atoms with Crippen molar-refractivity contribution in [2.24, 2.45) is 0 Å². The highest BCUT2D eigenvalue weighted by Gasteiger charge is 2.40. The predicted molar refractivity (Wildman–Crippen MR) is 85.8 cm³/mol. The Labute approximate surface area is 141 Å². The van der Waals surface area contributed by atoms with E-state index < -0.39 is 25.2 Å². The van der Waals surface area contributed by atoms with Crippen LogP contribution in [0.4, 0.5) is 0 Å². The van der Waals surface area contributed by atoms with Gasteiger partial charge in [-0.05, 0) is 11.1 Å². The fourth-order valence-electron chi connectivity index (χ4n) is 4.01. The van der Waals surface area contributed by atoms with Gasteiger partial charge < -0.3 is 29.9 Å². The molecule has 4 unspecified atom stereocenters. The Morgan fingerprint density at radius 3 is 1.17 bits per heavy atom. The van der Waals surface area contributed by atoms with Gasteiger partial charge in [0.15, 0.2) is 25.2 Å². The van der Waals surface area contributed by atoms with Crippen LogP contribution in [0.15, 0.2) is 24.3 Å². The van der Waals surface area contributed by atoms with Gasteiger partial charge in [-0.1, -0.05) is 38.1 Å². The van der Waals surface area contributed by atoms with Crippen molar-refractivity contribution in [1.82, 2.24) is 0 Å². The number of hydrogen-bond acceptors (Lipinski definition) is 6. The Bertz CT molecular complexity index is 500. The minimum absolute atomic E-state index is 0.370. The SMILES string of the molecule is CC1(c2ccc(C3(C)CC(O)OC(O)C3)cc2)CC(O)OC(O)C1. The molecular formula is C18H26O6. The Balaban J connectivity index is 1.83. The van der Waals surface area contributed by atoms with E-state index >= 15 is 0 Å². The summed E-state index contributed by atoms with van der Waals surface area (Å²) in [6.07, 6.45) is -2.21. The third-order valence-electron chi connectivity index (χ3n) is 5.41. The van der Waals surface area contributed by atoms with Crippen LogP contribution in [0.1, 0.15) is 50.7 Å². The lowest BCUT2D eigenvalue weighted by Gasteiger charge is -2.41. The summed E-state index contributed by atoms with van der Waals surface area (Å²) in [4.78, 5) is 0. The average Bonchev–Trinajstić information content (AvgIpc) is 2.44. The Morgan fingerprint density at radius 2 is 0.917 bits per heavy atom. The molecule has 4 atom stereocenters. The number of rotatable bonds is 2. The fourth-order valence-corrected chi connectivity index (χ4v) is 4.01. The van der Waals surface area contributed by atoms with E-state index in [0.717, 1.165) is 11.1 Å². The molecule has 2 fully saturated rings. The highest BCUT2D eigenvalue weighted by Crippen LogP contribution is 2.41. The zero-order valence-corrected chi connectivity index (χ0v) is 14.1. The topological polar surface area (TPSA) is 99.4 Å². The first-order valence-corrected chi connectivity index (χ1v) is 8.34. The lowest BCUT2D eigenvalue weighted by molar-refractivity contribution is -0.248. The lowest BCUT2D eigenvalue weighted by Crippen LogP contribution is -2.42. The summed E-state index contributed by atoms with van der Waals surface area (Å²) in [6, 6.07) is 7.94. The van der Waals surface area contributed by atoms with Crippen LogP contribution in [0, 0.1) is 0 Å². The first kappa shape index (κ1) is 17.8. The molecule has 0 radical (unpaired) electrons. The van der Waals surface area contributed by atoms with E-state index in [2.05, 4.69) is 0 Å². The molecule has 0 spiro atoms. The first-order chi connectivity index (χ1) is 11.2. The van der Waals surface area contributed by atoms with E-state index in [1.54, 1.807) is 0 Å². The number of aliphatic hydroxyl groups is 4. The van der Waals surface area contributed by atoms with E-state index in [0.29, 0.717) is 25.7 Å². The fraction of sp³-hybridized carbons (Fsp3) is 0.667. The molecule has 24 heavy (non-hydrogen) atoms. The van der Waals surface area contributed by atoms with E-state index in [1.807, 2.05) is 38.1 Å². The zero-order valence-electron chi connectivity index (χ0n) is 14.1. The molecule has 0 amide bonds. The van der Waals surface area contributed by atoms with Gasteiger partial charge in [-0.25, -0.2) is 0 Å². The maximum Gasteiger partial charge on any atom is 0.158 e. The number of ether oxygens (including phenoxy) is 2. The first-order valence-electron chi connectivity index (χ1n) is 8.34. The summed E-state index contributed by atoms with van der Waals surface area (Å²) in [5, 5.41) is 39.1. The van der Waals surface area contributed by atoms with Crippen molar-refractivity contribution in [3.8, 4) is 0 Å². The highest BCUT2D eigenvalue weighted by atomic mass is 16.7. The summed E-state index contributed by atoms with van der Waals surface area (Å²) in [6.45, 7) is 4.00.